The molecular weight excluding hydrogens is 376 g/mol. The monoisotopic (exact) mass is 398 g/mol. The van der Waals surface area contributed by atoms with Crippen molar-refractivity contribution in [3.63, 3.8) is 0 Å². The number of aliphatic hydroxyl groups is 1. The molecular formula is C20H22F4N2O2. The van der Waals surface area contributed by atoms with Gasteiger partial charge in [0.2, 0.25) is 0 Å². The Kier molecular flexibility index (Phi) is 6.41. The number of halogens is 4. The van der Waals surface area contributed by atoms with Crippen molar-refractivity contribution in [1.82, 2.24) is 4.90 Å². The van der Waals surface area contributed by atoms with E-state index in [4.69, 9.17) is 4.74 Å². The topological polar surface area (TPSA) is 35.9 Å². The number of hydrogen-bond donors (Lipinski definition) is 1. The molecule has 1 heterocycles. The fraction of sp³-hybridized carbons (Fsp3) is 0.400. The summed E-state index contributed by atoms with van der Waals surface area (Å²) in [5, 5.41) is 10.1. The fourth-order valence-electron chi connectivity index (χ4n) is 3.14. The third kappa shape index (κ3) is 5.59. The first-order chi connectivity index (χ1) is 13.3. The molecule has 1 aliphatic heterocycles. The molecule has 1 atom stereocenters. The summed E-state index contributed by atoms with van der Waals surface area (Å²) in [4.78, 5) is 3.95. The van der Waals surface area contributed by atoms with Crippen LogP contribution in [0.25, 0.3) is 0 Å². The number of rotatable bonds is 6. The highest BCUT2D eigenvalue weighted by atomic mass is 19.4. The summed E-state index contributed by atoms with van der Waals surface area (Å²) in [6.45, 7) is 2.89. The molecule has 2 aromatic carbocycles. The van der Waals surface area contributed by atoms with Crippen LogP contribution in [-0.2, 0) is 6.18 Å². The van der Waals surface area contributed by atoms with Gasteiger partial charge >= 0.3 is 6.18 Å². The maximum atomic E-state index is 12.9. The van der Waals surface area contributed by atoms with Gasteiger partial charge in [0, 0.05) is 38.4 Å². The molecule has 0 aliphatic carbocycles. The average molecular weight is 398 g/mol. The molecule has 0 aromatic heterocycles. The zero-order valence-corrected chi connectivity index (χ0v) is 15.2. The highest BCUT2D eigenvalue weighted by molar-refractivity contribution is 5.49. The lowest BCUT2D eigenvalue weighted by Gasteiger charge is -2.37. The van der Waals surface area contributed by atoms with E-state index in [1.807, 2.05) is 9.80 Å². The number of anilines is 1. The van der Waals surface area contributed by atoms with Gasteiger partial charge in [0.25, 0.3) is 0 Å². The third-order valence-electron chi connectivity index (χ3n) is 4.64. The van der Waals surface area contributed by atoms with E-state index in [2.05, 4.69) is 0 Å². The van der Waals surface area contributed by atoms with Gasteiger partial charge in [-0.1, -0.05) is 6.07 Å². The highest BCUT2D eigenvalue weighted by Gasteiger charge is 2.31. The van der Waals surface area contributed by atoms with Crippen LogP contribution < -0.4 is 9.64 Å². The van der Waals surface area contributed by atoms with Crippen LogP contribution in [0.4, 0.5) is 23.2 Å². The Morgan fingerprint density at radius 1 is 1.00 bits per heavy atom. The van der Waals surface area contributed by atoms with Crippen LogP contribution in [0.1, 0.15) is 5.56 Å². The van der Waals surface area contributed by atoms with Gasteiger partial charge in [0.15, 0.2) is 0 Å². The van der Waals surface area contributed by atoms with E-state index >= 15 is 0 Å². The Labute approximate surface area is 160 Å². The molecule has 0 spiro atoms. The van der Waals surface area contributed by atoms with E-state index in [9.17, 15) is 22.7 Å². The second-order valence-corrected chi connectivity index (χ2v) is 6.75. The number of nitrogens with zero attached hydrogens (tertiary/aromatic N) is 2. The van der Waals surface area contributed by atoms with E-state index in [1.54, 1.807) is 6.07 Å². The van der Waals surface area contributed by atoms with Crippen molar-refractivity contribution in [2.75, 3.05) is 44.2 Å². The molecule has 0 amide bonds. The van der Waals surface area contributed by atoms with Crippen LogP contribution in [0.5, 0.6) is 5.75 Å². The predicted molar refractivity (Wildman–Crippen MR) is 98.0 cm³/mol. The number of alkyl halides is 3. The van der Waals surface area contributed by atoms with E-state index in [0.717, 1.165) is 6.07 Å². The van der Waals surface area contributed by atoms with E-state index in [-0.39, 0.29) is 12.4 Å². The molecule has 4 nitrogen and oxygen atoms in total. The third-order valence-corrected chi connectivity index (χ3v) is 4.64. The minimum absolute atomic E-state index is 0.0828. The van der Waals surface area contributed by atoms with Crippen LogP contribution in [0, 0.1) is 5.82 Å². The van der Waals surface area contributed by atoms with Crippen molar-refractivity contribution in [3.05, 3.63) is 59.9 Å². The van der Waals surface area contributed by atoms with E-state index in [0.29, 0.717) is 44.2 Å². The molecule has 1 aliphatic rings. The van der Waals surface area contributed by atoms with Gasteiger partial charge in [-0.3, -0.25) is 4.90 Å². The summed E-state index contributed by atoms with van der Waals surface area (Å²) >= 11 is 0. The summed E-state index contributed by atoms with van der Waals surface area (Å²) in [6.07, 6.45) is -5.07. The second kappa shape index (κ2) is 8.79. The Balaban J connectivity index is 1.45. The number of ether oxygens (including phenoxy) is 1. The predicted octanol–water partition coefficient (Wildman–Crippen LogP) is 3.41. The SMILES string of the molecule is OC(COc1ccc(F)cc1)CN1CCN(c2cccc(C(F)(F)F)c2)CC1. The number of piperazine rings is 1. The van der Waals surface area contributed by atoms with Crippen LogP contribution in [0.15, 0.2) is 48.5 Å². The van der Waals surface area contributed by atoms with Crippen molar-refractivity contribution < 1.29 is 27.4 Å². The van der Waals surface area contributed by atoms with Crippen LogP contribution in [0.3, 0.4) is 0 Å². The maximum Gasteiger partial charge on any atom is 0.416 e. The largest absolute Gasteiger partial charge is 0.491 e. The highest BCUT2D eigenvalue weighted by Crippen LogP contribution is 2.31. The Bertz CT molecular complexity index is 760. The van der Waals surface area contributed by atoms with Gasteiger partial charge in [0.1, 0.15) is 24.3 Å². The van der Waals surface area contributed by atoms with E-state index < -0.39 is 17.8 Å². The molecule has 1 saturated heterocycles. The molecule has 0 saturated carbocycles. The molecule has 152 valence electrons. The lowest BCUT2D eigenvalue weighted by molar-refractivity contribution is -0.137. The van der Waals surface area contributed by atoms with Crippen molar-refractivity contribution >= 4 is 5.69 Å². The summed E-state index contributed by atoms with van der Waals surface area (Å²) in [7, 11) is 0. The minimum atomic E-state index is -4.35. The standard InChI is InChI=1S/C20H22F4N2O2/c21-16-4-6-19(7-5-16)28-14-18(27)13-25-8-10-26(11-9-25)17-3-1-2-15(12-17)20(22,23)24/h1-7,12,18,27H,8-11,13-14H2. The van der Waals surface area contributed by atoms with Crippen molar-refractivity contribution in [3.8, 4) is 5.75 Å². The quantitative estimate of drug-likeness (QED) is 0.757. The Morgan fingerprint density at radius 3 is 2.32 bits per heavy atom. The second-order valence-electron chi connectivity index (χ2n) is 6.75. The summed E-state index contributed by atoms with van der Waals surface area (Å²) in [6, 6.07) is 10.9. The summed E-state index contributed by atoms with van der Waals surface area (Å²) < 4.78 is 56.9. The molecule has 3 rings (SSSR count). The lowest BCUT2D eigenvalue weighted by atomic mass is 10.1. The van der Waals surface area contributed by atoms with Crippen LogP contribution in [0.2, 0.25) is 0 Å². The zero-order valence-electron chi connectivity index (χ0n) is 15.2. The van der Waals surface area contributed by atoms with Gasteiger partial charge in [-0.15, -0.1) is 0 Å². The normalized spacial score (nSPS) is 16.8. The first kappa shape index (κ1) is 20.4. The van der Waals surface area contributed by atoms with Crippen molar-refractivity contribution in [2.45, 2.75) is 12.3 Å². The number of β-amino-alcohol motifs (C(OH)–C–C–N with tert-alkyl or cyclic N) is 1. The maximum absolute atomic E-state index is 12.9. The van der Waals surface area contributed by atoms with Crippen molar-refractivity contribution in [1.29, 1.82) is 0 Å². The van der Waals surface area contributed by atoms with E-state index in [1.165, 1.54) is 36.4 Å². The lowest BCUT2D eigenvalue weighted by Crippen LogP contribution is -2.49. The van der Waals surface area contributed by atoms with Crippen LogP contribution >= 0.6 is 0 Å². The number of hydrogen-bond acceptors (Lipinski definition) is 4. The van der Waals surface area contributed by atoms with Crippen LogP contribution in [-0.4, -0.2) is 55.4 Å². The van der Waals surface area contributed by atoms with Gasteiger partial charge in [-0.25, -0.2) is 4.39 Å². The zero-order chi connectivity index (χ0) is 20.1. The number of aliphatic hydroxyl groups excluding tert-OH is 1. The smallest absolute Gasteiger partial charge is 0.416 e. The fourth-order valence-corrected chi connectivity index (χ4v) is 3.14. The molecule has 28 heavy (non-hydrogen) atoms. The van der Waals surface area contributed by atoms with Gasteiger partial charge < -0.3 is 14.7 Å². The minimum Gasteiger partial charge on any atom is -0.491 e. The first-order valence-corrected chi connectivity index (χ1v) is 9.02. The molecule has 1 N–H and O–H groups in total. The number of benzene rings is 2. The molecule has 2 aromatic rings. The Morgan fingerprint density at radius 2 is 1.68 bits per heavy atom. The van der Waals surface area contributed by atoms with Gasteiger partial charge in [0.05, 0.1) is 5.56 Å². The summed E-state index contributed by atoms with van der Waals surface area (Å²) in [5.74, 6) is 0.126. The molecule has 8 heteroatoms. The molecule has 0 radical (unpaired) electrons. The molecule has 0 bridgehead atoms. The molecule has 1 fully saturated rings. The molecule has 1 unspecified atom stereocenters. The van der Waals surface area contributed by atoms with Gasteiger partial charge in [-0.2, -0.15) is 13.2 Å². The Hall–Kier alpha value is -2.32. The van der Waals surface area contributed by atoms with Gasteiger partial charge in [-0.05, 0) is 42.5 Å². The average Bonchev–Trinajstić information content (AvgIpc) is 2.68. The first-order valence-electron chi connectivity index (χ1n) is 9.02. The summed E-state index contributed by atoms with van der Waals surface area (Å²) in [5.41, 5.74) is -0.101. The van der Waals surface area contributed by atoms with Crippen molar-refractivity contribution in [2.24, 2.45) is 0 Å².